The molecular formula is C5H8F4N2O2. The van der Waals surface area contributed by atoms with E-state index in [1.54, 1.807) is 0 Å². The molecule has 4 nitrogen and oxygen atoms in total. The fourth-order valence-corrected chi connectivity index (χ4v) is 0.570. The van der Waals surface area contributed by atoms with Crippen LogP contribution in [0.15, 0.2) is 0 Å². The smallest absolute Gasteiger partial charge is 0.303 e. The summed E-state index contributed by atoms with van der Waals surface area (Å²) < 4.78 is 47.6. The molecule has 0 fully saturated rings. The van der Waals surface area contributed by atoms with Crippen LogP contribution < -0.4 is 0 Å². The van der Waals surface area contributed by atoms with Gasteiger partial charge in [0, 0.05) is 17.1 Å². The first-order valence-electron chi connectivity index (χ1n) is 3.26. The molecule has 0 saturated carbocycles. The zero-order chi connectivity index (χ0) is 10.6. The van der Waals surface area contributed by atoms with Crippen LogP contribution in [-0.4, -0.2) is 27.4 Å². The molecular weight excluding hydrogens is 196 g/mol. The number of aliphatic carboxylic acids is 1. The van der Waals surface area contributed by atoms with E-state index in [1.165, 1.54) is 0 Å². The molecule has 0 unspecified atom stereocenters. The Labute approximate surface area is 71.1 Å². The van der Waals surface area contributed by atoms with Crippen LogP contribution in [0.5, 0.6) is 0 Å². The van der Waals surface area contributed by atoms with Crippen molar-refractivity contribution in [3.05, 3.63) is 0 Å². The lowest BCUT2D eigenvalue weighted by Crippen LogP contribution is -2.45. The second-order valence-electron chi connectivity index (χ2n) is 2.58. The normalized spacial score (nSPS) is 12.5. The molecule has 0 aromatic rings. The molecule has 0 spiro atoms. The highest BCUT2D eigenvalue weighted by atomic mass is 19.4. The van der Waals surface area contributed by atoms with Gasteiger partial charge in [-0.15, -0.1) is 0 Å². The van der Waals surface area contributed by atoms with E-state index in [-0.39, 0.29) is 0 Å². The molecule has 0 amide bonds. The van der Waals surface area contributed by atoms with Gasteiger partial charge in [-0.05, 0) is 13.3 Å². The molecule has 0 heterocycles. The highest BCUT2D eigenvalue weighted by molar-refractivity contribution is 5.66. The van der Waals surface area contributed by atoms with Crippen molar-refractivity contribution in [3.8, 4) is 0 Å². The highest BCUT2D eigenvalue weighted by Crippen LogP contribution is 2.27. The molecule has 0 aliphatic rings. The van der Waals surface area contributed by atoms with Crippen LogP contribution in [0.25, 0.3) is 0 Å². The van der Waals surface area contributed by atoms with Gasteiger partial charge in [0.15, 0.2) is 5.66 Å². The summed E-state index contributed by atoms with van der Waals surface area (Å²) >= 11 is 0. The number of carboxylic acids is 1. The van der Waals surface area contributed by atoms with Gasteiger partial charge in [0.05, 0.1) is 0 Å². The predicted molar refractivity (Wildman–Crippen MR) is 33.4 cm³/mol. The molecule has 0 aromatic carbocycles. The monoisotopic (exact) mass is 204 g/mol. The van der Waals surface area contributed by atoms with Gasteiger partial charge >= 0.3 is 5.97 Å². The van der Waals surface area contributed by atoms with Crippen LogP contribution in [0, 0.1) is 0 Å². The van der Waals surface area contributed by atoms with Crippen molar-refractivity contribution in [2.24, 2.45) is 0 Å². The number of hydrogen-bond donors (Lipinski definition) is 1. The van der Waals surface area contributed by atoms with Crippen molar-refractivity contribution in [3.63, 3.8) is 0 Å². The lowest BCUT2D eigenvalue weighted by molar-refractivity contribution is -0.367. The molecule has 0 bridgehead atoms. The third-order valence-electron chi connectivity index (χ3n) is 1.54. The average molecular weight is 204 g/mol. The van der Waals surface area contributed by atoms with E-state index in [4.69, 9.17) is 5.11 Å². The second-order valence-corrected chi connectivity index (χ2v) is 2.58. The van der Waals surface area contributed by atoms with Crippen molar-refractivity contribution in [1.29, 1.82) is 0 Å². The summed E-state index contributed by atoms with van der Waals surface area (Å²) in [7, 11) is 0. The first-order valence-corrected chi connectivity index (χ1v) is 3.26. The van der Waals surface area contributed by atoms with E-state index in [1.807, 2.05) is 0 Å². The number of carbonyl (C=O) groups is 1. The topological polar surface area (TPSA) is 43.8 Å². The minimum absolute atomic E-state index is 0.538. The number of rotatable bonds is 5. The third kappa shape index (κ3) is 3.15. The van der Waals surface area contributed by atoms with Gasteiger partial charge in [0.2, 0.25) is 0 Å². The molecule has 13 heavy (non-hydrogen) atoms. The summed E-state index contributed by atoms with van der Waals surface area (Å²) in [6.07, 6.45) is -1.63. The molecule has 0 saturated heterocycles. The van der Waals surface area contributed by atoms with Crippen molar-refractivity contribution in [2.45, 2.75) is 25.4 Å². The zero-order valence-electron chi connectivity index (χ0n) is 6.68. The van der Waals surface area contributed by atoms with Crippen LogP contribution in [0.3, 0.4) is 0 Å². The Hall–Kier alpha value is -0.890. The third-order valence-corrected chi connectivity index (χ3v) is 1.54. The van der Waals surface area contributed by atoms with Crippen molar-refractivity contribution >= 4 is 5.97 Å². The second kappa shape index (κ2) is 4.38. The van der Waals surface area contributed by atoms with E-state index in [2.05, 4.69) is 0 Å². The van der Waals surface area contributed by atoms with Crippen LogP contribution in [0.1, 0.15) is 19.8 Å². The van der Waals surface area contributed by atoms with Gasteiger partial charge in [0.1, 0.15) is 0 Å². The minimum Gasteiger partial charge on any atom is -0.481 e. The Balaban J connectivity index is 4.33. The Morgan fingerprint density at radius 2 is 1.69 bits per heavy atom. The fraction of sp³-hybridized carbons (Fsp3) is 0.800. The Kier molecular flexibility index (Phi) is 4.08. The Bertz CT molecular complexity index is 179. The molecule has 0 radical (unpaired) electrons. The van der Waals surface area contributed by atoms with Crippen molar-refractivity contribution < 1.29 is 27.8 Å². The first-order chi connectivity index (χ1) is 5.80. The minimum atomic E-state index is -2.85. The van der Waals surface area contributed by atoms with Crippen LogP contribution in [-0.2, 0) is 4.79 Å². The maximum atomic E-state index is 11.9. The molecule has 0 rings (SSSR count). The lowest BCUT2D eigenvalue weighted by atomic mass is 10.1. The molecule has 0 aliphatic heterocycles. The molecule has 1 N–H and O–H groups in total. The summed E-state index contributed by atoms with van der Waals surface area (Å²) in [5.41, 5.74) is -2.85. The SMILES string of the molecule is CC(CCC(=O)O)(N(F)F)N(F)F. The summed E-state index contributed by atoms with van der Waals surface area (Å²) in [6, 6.07) is 0. The molecule has 0 aromatic heterocycles. The van der Waals surface area contributed by atoms with Gasteiger partial charge in [-0.25, -0.2) is 0 Å². The first kappa shape index (κ1) is 12.1. The Morgan fingerprint density at radius 3 is 1.92 bits per heavy atom. The molecule has 8 heteroatoms. The number of nitrogens with zero attached hydrogens (tertiary/aromatic N) is 2. The zero-order valence-corrected chi connectivity index (χ0v) is 6.68. The fourth-order valence-electron chi connectivity index (χ4n) is 0.570. The maximum absolute atomic E-state index is 11.9. The maximum Gasteiger partial charge on any atom is 0.303 e. The predicted octanol–water partition coefficient (Wildman–Crippen LogP) is 1.71. The number of carboxylic acid groups (broad SMARTS) is 1. The highest BCUT2D eigenvalue weighted by Gasteiger charge is 2.42. The van der Waals surface area contributed by atoms with Gasteiger partial charge in [-0.3, -0.25) is 4.79 Å². The summed E-state index contributed by atoms with van der Waals surface area (Å²) in [6.45, 7) is 0.538. The van der Waals surface area contributed by atoms with Crippen LogP contribution in [0.4, 0.5) is 17.9 Å². The summed E-state index contributed by atoms with van der Waals surface area (Å²) in [4.78, 5) is 9.96. The number of halogens is 4. The molecule has 78 valence electrons. The summed E-state index contributed by atoms with van der Waals surface area (Å²) in [5.74, 6) is -1.41. The van der Waals surface area contributed by atoms with Gasteiger partial charge in [0.25, 0.3) is 0 Å². The average Bonchev–Trinajstić information content (AvgIpc) is 1.99. The van der Waals surface area contributed by atoms with E-state index in [0.29, 0.717) is 6.92 Å². The lowest BCUT2D eigenvalue weighted by Gasteiger charge is -2.27. The summed E-state index contributed by atoms with van der Waals surface area (Å²) in [5, 5.41) is 4.69. The largest absolute Gasteiger partial charge is 0.481 e. The van der Waals surface area contributed by atoms with E-state index >= 15 is 0 Å². The van der Waals surface area contributed by atoms with Gasteiger partial charge < -0.3 is 5.11 Å². The number of hydrogen-bond acceptors (Lipinski definition) is 3. The van der Waals surface area contributed by atoms with Gasteiger partial charge in [-0.2, -0.15) is 0 Å². The Morgan fingerprint density at radius 1 is 1.31 bits per heavy atom. The quantitative estimate of drug-likeness (QED) is 0.420. The molecule has 0 atom stereocenters. The molecule has 0 aliphatic carbocycles. The van der Waals surface area contributed by atoms with Crippen LogP contribution >= 0.6 is 0 Å². The van der Waals surface area contributed by atoms with Crippen molar-refractivity contribution in [2.75, 3.05) is 0 Å². The van der Waals surface area contributed by atoms with Gasteiger partial charge in [-0.1, -0.05) is 17.9 Å². The van der Waals surface area contributed by atoms with E-state index in [0.717, 1.165) is 0 Å². The van der Waals surface area contributed by atoms with E-state index < -0.39 is 35.2 Å². The van der Waals surface area contributed by atoms with E-state index in [9.17, 15) is 22.7 Å². The van der Waals surface area contributed by atoms with Crippen molar-refractivity contribution in [1.82, 2.24) is 10.7 Å². The standard InChI is InChI=1S/C5H8F4N2O2/c1-5(10(6)7,11(8)9)3-2-4(12)13/h2-3H2,1H3,(H,12,13). The van der Waals surface area contributed by atoms with Crippen LogP contribution in [0.2, 0.25) is 0 Å².